The lowest BCUT2D eigenvalue weighted by atomic mass is 9.82. The summed E-state index contributed by atoms with van der Waals surface area (Å²) < 4.78 is 16.6. The van der Waals surface area contributed by atoms with Crippen molar-refractivity contribution in [2.75, 3.05) is 20.8 Å². The highest BCUT2D eigenvalue weighted by molar-refractivity contribution is 5.69. The van der Waals surface area contributed by atoms with E-state index >= 15 is 0 Å². The third kappa shape index (κ3) is 4.63. The van der Waals surface area contributed by atoms with E-state index in [0.717, 1.165) is 24.3 Å². The zero-order valence-electron chi connectivity index (χ0n) is 17.4. The van der Waals surface area contributed by atoms with Crippen LogP contribution in [0, 0.1) is 5.41 Å². The van der Waals surface area contributed by atoms with E-state index in [0.29, 0.717) is 6.54 Å². The molecule has 1 aromatic carbocycles. The van der Waals surface area contributed by atoms with Crippen LogP contribution in [0.5, 0.6) is 11.5 Å². The predicted molar refractivity (Wildman–Crippen MR) is 103 cm³/mol. The van der Waals surface area contributed by atoms with Crippen molar-refractivity contribution in [1.29, 1.82) is 0 Å². The summed E-state index contributed by atoms with van der Waals surface area (Å²) in [5.74, 6) is 1.45. The van der Waals surface area contributed by atoms with E-state index in [-0.39, 0.29) is 17.6 Å². The molecule has 0 spiro atoms. The zero-order valence-corrected chi connectivity index (χ0v) is 17.4. The number of methoxy groups -OCH3 is 2. The van der Waals surface area contributed by atoms with Crippen LogP contribution in [-0.2, 0) is 17.6 Å². The number of benzene rings is 1. The summed E-state index contributed by atoms with van der Waals surface area (Å²) in [4.78, 5) is 14.8. The van der Waals surface area contributed by atoms with Gasteiger partial charge in [0.25, 0.3) is 0 Å². The maximum absolute atomic E-state index is 12.9. The van der Waals surface area contributed by atoms with E-state index in [1.54, 1.807) is 14.2 Å². The molecule has 5 heteroatoms. The summed E-state index contributed by atoms with van der Waals surface area (Å²) in [7, 11) is 3.29. The van der Waals surface area contributed by atoms with Crippen LogP contribution in [0.1, 0.15) is 52.7 Å². The fourth-order valence-electron chi connectivity index (χ4n) is 3.41. The van der Waals surface area contributed by atoms with Crippen LogP contribution in [-0.4, -0.2) is 43.4 Å². The molecule has 1 amide bonds. The molecule has 1 aliphatic rings. The molecule has 0 N–H and O–H groups in total. The van der Waals surface area contributed by atoms with Gasteiger partial charge >= 0.3 is 6.09 Å². The molecular weight excluding hydrogens is 330 g/mol. The molecule has 1 heterocycles. The number of carbonyl (C=O) groups is 1. The molecule has 146 valence electrons. The molecule has 26 heavy (non-hydrogen) atoms. The molecule has 0 fully saturated rings. The van der Waals surface area contributed by atoms with Gasteiger partial charge in [-0.05, 0) is 62.3 Å². The van der Waals surface area contributed by atoms with Gasteiger partial charge in [-0.25, -0.2) is 4.79 Å². The van der Waals surface area contributed by atoms with Crippen molar-refractivity contribution < 1.29 is 19.0 Å². The quantitative estimate of drug-likeness (QED) is 0.779. The van der Waals surface area contributed by atoms with Crippen molar-refractivity contribution in [3.63, 3.8) is 0 Å². The van der Waals surface area contributed by atoms with Crippen LogP contribution in [0.2, 0.25) is 0 Å². The van der Waals surface area contributed by atoms with E-state index in [9.17, 15) is 4.79 Å². The van der Waals surface area contributed by atoms with Gasteiger partial charge in [-0.3, -0.25) is 0 Å². The first-order valence-electron chi connectivity index (χ1n) is 9.19. The lowest BCUT2D eigenvalue weighted by Gasteiger charge is -2.39. The van der Waals surface area contributed by atoms with Crippen LogP contribution in [0.3, 0.4) is 0 Å². The second-order valence-corrected chi connectivity index (χ2v) is 8.99. The Balaban J connectivity index is 2.42. The Morgan fingerprint density at radius 2 is 1.54 bits per heavy atom. The van der Waals surface area contributed by atoms with Crippen molar-refractivity contribution >= 4 is 6.09 Å². The summed E-state index contributed by atoms with van der Waals surface area (Å²) in [6.07, 6.45) is 1.28. The Kier molecular flexibility index (Phi) is 5.79. The van der Waals surface area contributed by atoms with Gasteiger partial charge < -0.3 is 19.1 Å². The Morgan fingerprint density at radius 3 is 2.00 bits per heavy atom. The minimum atomic E-state index is -0.509. The molecule has 5 nitrogen and oxygen atoms in total. The smallest absolute Gasteiger partial charge is 0.410 e. The van der Waals surface area contributed by atoms with Crippen LogP contribution in [0.4, 0.5) is 4.79 Å². The van der Waals surface area contributed by atoms with Crippen molar-refractivity contribution in [2.45, 2.75) is 66.0 Å². The summed E-state index contributed by atoms with van der Waals surface area (Å²) in [5, 5.41) is 0. The Morgan fingerprint density at radius 1 is 1.00 bits per heavy atom. The SMILES string of the molecule is COc1cc2c(cc1OC)CC(C(C)(C)C)N(C(=O)OC(C)(C)C)CC2. The van der Waals surface area contributed by atoms with Crippen LogP contribution < -0.4 is 9.47 Å². The topological polar surface area (TPSA) is 48.0 Å². The lowest BCUT2D eigenvalue weighted by molar-refractivity contribution is 0.00354. The van der Waals surface area contributed by atoms with E-state index in [1.165, 1.54) is 11.1 Å². The van der Waals surface area contributed by atoms with Crippen molar-refractivity contribution in [3.8, 4) is 11.5 Å². The number of hydrogen-bond donors (Lipinski definition) is 0. The van der Waals surface area contributed by atoms with Crippen molar-refractivity contribution in [2.24, 2.45) is 5.41 Å². The average Bonchev–Trinajstić information content (AvgIpc) is 2.70. The highest BCUT2D eigenvalue weighted by Crippen LogP contribution is 2.37. The van der Waals surface area contributed by atoms with Crippen LogP contribution in [0.15, 0.2) is 12.1 Å². The first-order chi connectivity index (χ1) is 12.0. The van der Waals surface area contributed by atoms with Gasteiger partial charge in [0.05, 0.1) is 14.2 Å². The maximum Gasteiger partial charge on any atom is 0.410 e. The molecule has 0 bridgehead atoms. The van der Waals surface area contributed by atoms with E-state index in [4.69, 9.17) is 14.2 Å². The molecule has 1 aliphatic heterocycles. The zero-order chi connectivity index (χ0) is 19.7. The average molecular weight is 363 g/mol. The van der Waals surface area contributed by atoms with Crippen LogP contribution >= 0.6 is 0 Å². The number of hydrogen-bond acceptors (Lipinski definition) is 4. The Hall–Kier alpha value is -1.91. The number of rotatable bonds is 2. The molecular formula is C21H33NO4. The number of fused-ring (bicyclic) bond motifs is 1. The van der Waals surface area contributed by atoms with Crippen molar-refractivity contribution in [1.82, 2.24) is 4.90 Å². The molecule has 1 unspecified atom stereocenters. The van der Waals surface area contributed by atoms with Crippen LogP contribution in [0.25, 0.3) is 0 Å². The van der Waals surface area contributed by atoms with E-state index in [1.807, 2.05) is 37.8 Å². The molecule has 0 saturated carbocycles. The normalized spacial score (nSPS) is 18.0. The number of amides is 1. The summed E-state index contributed by atoms with van der Waals surface area (Å²) in [5.41, 5.74) is 1.81. The summed E-state index contributed by atoms with van der Waals surface area (Å²) in [6, 6.07) is 4.12. The fourth-order valence-corrected chi connectivity index (χ4v) is 3.41. The standard InChI is InChI=1S/C21H33NO4/c1-20(2,3)18-13-15-12-17(25-8)16(24-7)11-14(15)9-10-22(18)19(23)26-21(4,5)6/h11-12,18H,9-10,13H2,1-8H3. The Bertz CT molecular complexity index is 655. The second kappa shape index (κ2) is 7.37. The minimum absolute atomic E-state index is 0.0386. The van der Waals surface area contributed by atoms with Gasteiger partial charge in [0, 0.05) is 12.6 Å². The number of carbonyl (C=O) groups excluding carboxylic acids is 1. The maximum atomic E-state index is 12.9. The van der Waals surface area contributed by atoms with Gasteiger partial charge in [0.15, 0.2) is 11.5 Å². The molecule has 2 rings (SSSR count). The molecule has 1 aromatic rings. The predicted octanol–water partition coefficient (Wildman–Crippen LogP) is 4.45. The first-order valence-corrected chi connectivity index (χ1v) is 9.19. The first kappa shape index (κ1) is 20.4. The largest absolute Gasteiger partial charge is 0.493 e. The van der Waals surface area contributed by atoms with E-state index < -0.39 is 5.60 Å². The van der Waals surface area contributed by atoms with Gasteiger partial charge in [-0.1, -0.05) is 20.8 Å². The highest BCUT2D eigenvalue weighted by Gasteiger charge is 2.38. The number of nitrogens with zero attached hydrogens (tertiary/aromatic N) is 1. The summed E-state index contributed by atoms with van der Waals surface area (Å²) >= 11 is 0. The molecule has 0 aromatic heterocycles. The minimum Gasteiger partial charge on any atom is -0.493 e. The number of ether oxygens (including phenoxy) is 3. The van der Waals surface area contributed by atoms with Gasteiger partial charge in [0.2, 0.25) is 0 Å². The molecule has 0 aliphatic carbocycles. The molecule has 0 radical (unpaired) electrons. The fraction of sp³-hybridized carbons (Fsp3) is 0.667. The monoisotopic (exact) mass is 363 g/mol. The third-order valence-electron chi connectivity index (χ3n) is 4.74. The molecule has 0 saturated heterocycles. The third-order valence-corrected chi connectivity index (χ3v) is 4.74. The second-order valence-electron chi connectivity index (χ2n) is 8.99. The van der Waals surface area contributed by atoms with Crippen molar-refractivity contribution in [3.05, 3.63) is 23.3 Å². The van der Waals surface area contributed by atoms with Gasteiger partial charge in [-0.15, -0.1) is 0 Å². The summed E-state index contributed by atoms with van der Waals surface area (Å²) in [6.45, 7) is 12.8. The van der Waals surface area contributed by atoms with Gasteiger partial charge in [-0.2, -0.15) is 0 Å². The lowest BCUT2D eigenvalue weighted by Crippen LogP contribution is -2.50. The highest BCUT2D eigenvalue weighted by atomic mass is 16.6. The Labute approximate surface area is 157 Å². The van der Waals surface area contributed by atoms with Gasteiger partial charge in [0.1, 0.15) is 5.60 Å². The van der Waals surface area contributed by atoms with E-state index in [2.05, 4.69) is 20.8 Å². The molecule has 1 atom stereocenters.